The first-order valence-electron chi connectivity index (χ1n) is 8.30. The van der Waals surface area contributed by atoms with Crippen molar-refractivity contribution in [2.75, 3.05) is 6.54 Å². The van der Waals surface area contributed by atoms with Crippen molar-refractivity contribution in [1.82, 2.24) is 29.6 Å². The SMILES string of the molecule is Cc1nc([C@@H]2CCCN2C(=O)CCn2cnc3ccccc32)n[nH]1. The van der Waals surface area contributed by atoms with Gasteiger partial charge in [0.15, 0.2) is 5.82 Å². The fraction of sp³-hybridized carbons (Fsp3) is 0.412. The van der Waals surface area contributed by atoms with Gasteiger partial charge in [-0.3, -0.25) is 9.89 Å². The van der Waals surface area contributed by atoms with Gasteiger partial charge in [-0.25, -0.2) is 9.97 Å². The third kappa shape index (κ3) is 2.66. The van der Waals surface area contributed by atoms with Crippen LogP contribution in [0.25, 0.3) is 11.0 Å². The summed E-state index contributed by atoms with van der Waals surface area (Å²) in [6.45, 7) is 3.29. The summed E-state index contributed by atoms with van der Waals surface area (Å²) in [6, 6.07) is 7.97. The van der Waals surface area contributed by atoms with Crippen molar-refractivity contribution in [2.45, 2.75) is 38.8 Å². The largest absolute Gasteiger partial charge is 0.332 e. The Labute approximate surface area is 139 Å². The third-order valence-corrected chi connectivity index (χ3v) is 4.58. The molecule has 124 valence electrons. The summed E-state index contributed by atoms with van der Waals surface area (Å²) in [6.07, 6.45) is 4.19. The Kier molecular flexibility index (Phi) is 3.76. The van der Waals surface area contributed by atoms with Crippen LogP contribution in [-0.4, -0.2) is 42.1 Å². The summed E-state index contributed by atoms with van der Waals surface area (Å²) in [5.41, 5.74) is 2.02. The van der Waals surface area contributed by atoms with Gasteiger partial charge >= 0.3 is 0 Å². The molecular weight excluding hydrogens is 304 g/mol. The Hall–Kier alpha value is -2.70. The predicted octanol–water partition coefficient (Wildman–Crippen LogP) is 2.22. The molecule has 0 saturated carbocycles. The van der Waals surface area contributed by atoms with Crippen LogP contribution in [0.3, 0.4) is 0 Å². The molecular formula is C17H20N6O. The van der Waals surface area contributed by atoms with Gasteiger partial charge in [-0.05, 0) is 31.9 Å². The monoisotopic (exact) mass is 324 g/mol. The Morgan fingerprint density at radius 3 is 3.08 bits per heavy atom. The number of rotatable bonds is 4. The quantitative estimate of drug-likeness (QED) is 0.798. The molecule has 1 fully saturated rings. The second-order valence-corrected chi connectivity index (χ2v) is 6.20. The van der Waals surface area contributed by atoms with Crippen LogP contribution in [0.5, 0.6) is 0 Å². The molecule has 0 radical (unpaired) electrons. The molecule has 7 nitrogen and oxygen atoms in total. The molecule has 24 heavy (non-hydrogen) atoms. The van der Waals surface area contributed by atoms with Gasteiger partial charge < -0.3 is 9.47 Å². The third-order valence-electron chi connectivity index (χ3n) is 4.58. The van der Waals surface area contributed by atoms with Crippen molar-refractivity contribution >= 4 is 16.9 Å². The number of likely N-dealkylation sites (tertiary alicyclic amines) is 1. The number of aryl methyl sites for hydroxylation is 2. The average molecular weight is 324 g/mol. The van der Waals surface area contributed by atoms with Crippen LogP contribution in [0.1, 0.15) is 37.0 Å². The summed E-state index contributed by atoms with van der Waals surface area (Å²) in [5.74, 6) is 1.67. The highest BCUT2D eigenvalue weighted by Crippen LogP contribution is 2.30. The van der Waals surface area contributed by atoms with Gasteiger partial charge in [-0.2, -0.15) is 5.10 Å². The van der Waals surface area contributed by atoms with Gasteiger partial charge in [0.25, 0.3) is 0 Å². The molecule has 1 aliphatic rings. The molecule has 0 aliphatic carbocycles. The minimum Gasteiger partial charge on any atom is -0.332 e. The molecule has 4 rings (SSSR count). The number of amides is 1. The van der Waals surface area contributed by atoms with Crippen LogP contribution in [0.15, 0.2) is 30.6 Å². The number of nitrogens with zero attached hydrogens (tertiary/aromatic N) is 5. The lowest BCUT2D eigenvalue weighted by Crippen LogP contribution is -2.31. The fourth-order valence-electron chi connectivity index (χ4n) is 3.39. The number of benzene rings is 1. The maximum absolute atomic E-state index is 12.7. The van der Waals surface area contributed by atoms with E-state index in [1.54, 1.807) is 6.33 Å². The first kappa shape index (κ1) is 14.9. The Morgan fingerprint density at radius 1 is 1.38 bits per heavy atom. The number of nitrogens with one attached hydrogen (secondary N) is 1. The molecule has 3 aromatic rings. The predicted molar refractivity (Wildman–Crippen MR) is 89.2 cm³/mol. The van der Waals surface area contributed by atoms with Crippen LogP contribution in [0, 0.1) is 6.92 Å². The van der Waals surface area contributed by atoms with Gasteiger partial charge in [0.05, 0.1) is 23.4 Å². The molecule has 3 heterocycles. The molecule has 7 heteroatoms. The first-order valence-corrected chi connectivity index (χ1v) is 8.30. The van der Waals surface area contributed by atoms with Crippen molar-refractivity contribution < 1.29 is 4.79 Å². The molecule has 0 spiro atoms. The summed E-state index contributed by atoms with van der Waals surface area (Å²) in [7, 11) is 0. The van der Waals surface area contributed by atoms with E-state index in [0.717, 1.165) is 42.1 Å². The molecule has 1 amide bonds. The zero-order chi connectivity index (χ0) is 16.5. The fourth-order valence-corrected chi connectivity index (χ4v) is 3.39. The number of aromatic nitrogens is 5. The number of aromatic amines is 1. The van der Waals surface area contributed by atoms with E-state index in [4.69, 9.17) is 0 Å². The van der Waals surface area contributed by atoms with Crippen molar-refractivity contribution in [3.63, 3.8) is 0 Å². The zero-order valence-corrected chi connectivity index (χ0v) is 13.6. The van der Waals surface area contributed by atoms with E-state index in [9.17, 15) is 4.79 Å². The number of imidazole rings is 1. The second kappa shape index (κ2) is 6.07. The minimum atomic E-state index is 0.00183. The van der Waals surface area contributed by atoms with E-state index in [0.29, 0.717) is 13.0 Å². The molecule has 1 saturated heterocycles. The normalized spacial score (nSPS) is 17.7. The highest BCUT2D eigenvalue weighted by Gasteiger charge is 2.32. The summed E-state index contributed by atoms with van der Waals surface area (Å²) in [5, 5.41) is 7.10. The molecule has 0 unspecified atom stereocenters. The Bertz CT molecular complexity index is 867. The number of carbonyl (C=O) groups excluding carboxylic acids is 1. The van der Waals surface area contributed by atoms with E-state index in [2.05, 4.69) is 20.2 Å². The van der Waals surface area contributed by atoms with Crippen LogP contribution >= 0.6 is 0 Å². The van der Waals surface area contributed by atoms with Gasteiger partial charge in [-0.1, -0.05) is 12.1 Å². The lowest BCUT2D eigenvalue weighted by Gasteiger charge is -2.22. The zero-order valence-electron chi connectivity index (χ0n) is 13.6. The van der Waals surface area contributed by atoms with Crippen molar-refractivity contribution in [3.8, 4) is 0 Å². The van der Waals surface area contributed by atoms with Crippen LogP contribution in [0.2, 0.25) is 0 Å². The van der Waals surface area contributed by atoms with E-state index < -0.39 is 0 Å². The van der Waals surface area contributed by atoms with Crippen LogP contribution in [-0.2, 0) is 11.3 Å². The number of hydrogen-bond donors (Lipinski definition) is 1. The van der Waals surface area contributed by atoms with E-state index >= 15 is 0 Å². The molecule has 1 aliphatic heterocycles. The highest BCUT2D eigenvalue weighted by atomic mass is 16.2. The van der Waals surface area contributed by atoms with Crippen molar-refractivity contribution in [3.05, 3.63) is 42.2 Å². The van der Waals surface area contributed by atoms with Gasteiger partial charge in [0.2, 0.25) is 5.91 Å². The molecule has 1 atom stereocenters. The Morgan fingerprint density at radius 2 is 2.25 bits per heavy atom. The molecule has 1 aromatic carbocycles. The molecule has 0 bridgehead atoms. The average Bonchev–Trinajstić information content (AvgIpc) is 3.31. The van der Waals surface area contributed by atoms with Crippen molar-refractivity contribution in [2.24, 2.45) is 0 Å². The van der Waals surface area contributed by atoms with Crippen LogP contribution in [0.4, 0.5) is 0 Å². The number of carbonyl (C=O) groups is 1. The summed E-state index contributed by atoms with van der Waals surface area (Å²) >= 11 is 0. The van der Waals surface area contributed by atoms with E-state index in [1.165, 1.54) is 0 Å². The van der Waals surface area contributed by atoms with E-state index in [1.807, 2.05) is 40.7 Å². The van der Waals surface area contributed by atoms with Crippen molar-refractivity contribution in [1.29, 1.82) is 0 Å². The lowest BCUT2D eigenvalue weighted by molar-refractivity contribution is -0.132. The standard InChI is InChI=1S/C17H20N6O/c1-12-19-17(21-20-12)15-7-4-9-23(15)16(24)8-10-22-11-18-13-5-2-3-6-14(13)22/h2-3,5-6,11,15H,4,7-10H2,1H3,(H,19,20,21)/t15-/m0/s1. The topological polar surface area (TPSA) is 79.7 Å². The minimum absolute atomic E-state index is 0.00183. The summed E-state index contributed by atoms with van der Waals surface area (Å²) in [4.78, 5) is 23.4. The first-order chi connectivity index (χ1) is 11.7. The summed E-state index contributed by atoms with van der Waals surface area (Å²) < 4.78 is 2.04. The lowest BCUT2D eigenvalue weighted by atomic mass is 10.2. The number of para-hydroxylation sites is 2. The van der Waals surface area contributed by atoms with Gasteiger partial charge in [-0.15, -0.1) is 0 Å². The highest BCUT2D eigenvalue weighted by molar-refractivity contribution is 5.78. The maximum atomic E-state index is 12.7. The smallest absolute Gasteiger partial charge is 0.224 e. The van der Waals surface area contributed by atoms with Gasteiger partial charge in [0, 0.05) is 19.5 Å². The van der Waals surface area contributed by atoms with Crippen LogP contribution < -0.4 is 0 Å². The number of fused-ring (bicyclic) bond motifs is 1. The van der Waals surface area contributed by atoms with E-state index in [-0.39, 0.29) is 11.9 Å². The molecule has 2 aromatic heterocycles. The van der Waals surface area contributed by atoms with Gasteiger partial charge in [0.1, 0.15) is 5.82 Å². The number of H-pyrrole nitrogens is 1. The molecule has 1 N–H and O–H groups in total. The maximum Gasteiger partial charge on any atom is 0.224 e. The number of hydrogen-bond acceptors (Lipinski definition) is 4. The Balaban J connectivity index is 1.45. The second-order valence-electron chi connectivity index (χ2n) is 6.20.